The molecule has 186 valence electrons. The van der Waals surface area contributed by atoms with Crippen LogP contribution in [0.15, 0.2) is 57.8 Å². The molecule has 10 heteroatoms. The molecule has 1 atom stereocenters. The minimum Gasteiger partial charge on any atom is -0.497 e. The highest BCUT2D eigenvalue weighted by atomic mass is 16.5. The van der Waals surface area contributed by atoms with E-state index in [9.17, 15) is 14.4 Å². The van der Waals surface area contributed by atoms with Crippen molar-refractivity contribution < 1.29 is 23.6 Å². The first-order valence-electron chi connectivity index (χ1n) is 11.5. The summed E-state index contributed by atoms with van der Waals surface area (Å²) in [6.45, 7) is 5.48. The van der Waals surface area contributed by atoms with E-state index in [-0.39, 0.29) is 12.1 Å². The van der Waals surface area contributed by atoms with E-state index in [1.54, 1.807) is 64.3 Å². The number of aromatic nitrogens is 3. The van der Waals surface area contributed by atoms with Crippen LogP contribution in [-0.4, -0.2) is 40.5 Å². The van der Waals surface area contributed by atoms with Crippen LogP contribution in [0.4, 0.5) is 5.69 Å². The number of nitrogens with zero attached hydrogens (tertiary/aromatic N) is 3. The summed E-state index contributed by atoms with van der Waals surface area (Å²) in [5.41, 5.74) is 1.52. The SMILES string of the molecule is CCOC(=O)c1ccc(NC(=O)C(CC)n2nc(-c3cccc(OC)c3)c3c(C)onc3c2=O)cc1. The van der Waals surface area contributed by atoms with Gasteiger partial charge in [-0.05, 0) is 56.7 Å². The number of nitrogens with one attached hydrogen (secondary N) is 1. The molecule has 2 heterocycles. The molecule has 1 amide bonds. The van der Waals surface area contributed by atoms with Crippen LogP contribution in [-0.2, 0) is 9.53 Å². The number of carbonyl (C=O) groups excluding carboxylic acids is 2. The Morgan fingerprint density at radius 1 is 1.14 bits per heavy atom. The zero-order valence-electron chi connectivity index (χ0n) is 20.4. The maximum Gasteiger partial charge on any atom is 0.338 e. The van der Waals surface area contributed by atoms with Gasteiger partial charge in [0.2, 0.25) is 5.91 Å². The topological polar surface area (TPSA) is 126 Å². The lowest BCUT2D eigenvalue weighted by atomic mass is 10.1. The number of esters is 1. The first-order valence-corrected chi connectivity index (χ1v) is 11.5. The summed E-state index contributed by atoms with van der Waals surface area (Å²) < 4.78 is 16.8. The maximum absolute atomic E-state index is 13.3. The van der Waals surface area contributed by atoms with Crippen molar-refractivity contribution in [3.8, 4) is 17.0 Å². The fraction of sp³-hybridized carbons (Fsp3) is 0.269. The minimum atomic E-state index is -0.923. The molecule has 0 aliphatic carbocycles. The highest BCUT2D eigenvalue weighted by Crippen LogP contribution is 2.30. The van der Waals surface area contributed by atoms with Crippen LogP contribution in [0.1, 0.15) is 42.4 Å². The highest BCUT2D eigenvalue weighted by molar-refractivity contribution is 5.96. The summed E-state index contributed by atoms with van der Waals surface area (Å²) in [6.07, 6.45) is 0.291. The molecule has 1 unspecified atom stereocenters. The third-order valence-corrected chi connectivity index (χ3v) is 5.71. The van der Waals surface area contributed by atoms with Gasteiger partial charge < -0.3 is 19.3 Å². The third-order valence-electron chi connectivity index (χ3n) is 5.71. The van der Waals surface area contributed by atoms with E-state index in [0.717, 1.165) is 4.68 Å². The lowest BCUT2D eigenvalue weighted by Gasteiger charge is -2.18. The predicted molar refractivity (Wildman–Crippen MR) is 133 cm³/mol. The molecule has 0 spiro atoms. The van der Waals surface area contributed by atoms with Crippen LogP contribution < -0.4 is 15.6 Å². The molecule has 0 aliphatic heterocycles. The van der Waals surface area contributed by atoms with Crippen LogP contribution in [0.3, 0.4) is 0 Å². The molecule has 0 bridgehead atoms. The Morgan fingerprint density at radius 2 is 1.89 bits per heavy atom. The molecule has 0 saturated heterocycles. The fourth-order valence-corrected chi connectivity index (χ4v) is 3.89. The van der Waals surface area contributed by atoms with E-state index in [4.69, 9.17) is 14.0 Å². The van der Waals surface area contributed by atoms with E-state index >= 15 is 0 Å². The number of hydrogen-bond acceptors (Lipinski definition) is 8. The summed E-state index contributed by atoms with van der Waals surface area (Å²) in [6, 6.07) is 12.6. The van der Waals surface area contributed by atoms with Gasteiger partial charge in [-0.2, -0.15) is 5.10 Å². The number of amides is 1. The van der Waals surface area contributed by atoms with Crippen molar-refractivity contribution in [2.75, 3.05) is 19.0 Å². The van der Waals surface area contributed by atoms with Crippen molar-refractivity contribution in [3.63, 3.8) is 0 Å². The van der Waals surface area contributed by atoms with Crippen molar-refractivity contribution in [2.45, 2.75) is 33.2 Å². The van der Waals surface area contributed by atoms with Crippen molar-refractivity contribution in [3.05, 3.63) is 70.2 Å². The molecular weight excluding hydrogens is 464 g/mol. The predicted octanol–water partition coefficient (Wildman–Crippen LogP) is 4.14. The first-order chi connectivity index (χ1) is 17.4. The molecule has 1 N–H and O–H groups in total. The Kier molecular flexibility index (Phi) is 7.14. The van der Waals surface area contributed by atoms with Gasteiger partial charge >= 0.3 is 5.97 Å². The summed E-state index contributed by atoms with van der Waals surface area (Å²) in [5, 5.41) is 11.8. The molecule has 4 rings (SSSR count). The van der Waals surface area contributed by atoms with E-state index in [2.05, 4.69) is 15.6 Å². The van der Waals surface area contributed by atoms with Gasteiger partial charge in [0.15, 0.2) is 5.52 Å². The molecule has 0 aliphatic rings. The number of benzene rings is 2. The minimum absolute atomic E-state index is 0.0883. The Balaban J connectivity index is 1.72. The molecular formula is C26H26N4O6. The lowest BCUT2D eigenvalue weighted by molar-refractivity contribution is -0.119. The van der Waals surface area contributed by atoms with Crippen LogP contribution in [0.2, 0.25) is 0 Å². The molecule has 4 aromatic rings. The maximum atomic E-state index is 13.3. The largest absolute Gasteiger partial charge is 0.497 e. The number of ether oxygens (including phenoxy) is 2. The Hall–Kier alpha value is -4.47. The molecule has 0 saturated carbocycles. The highest BCUT2D eigenvalue weighted by Gasteiger charge is 2.26. The Bertz CT molecular complexity index is 1470. The van der Waals surface area contributed by atoms with Gasteiger partial charge in [-0.3, -0.25) is 9.59 Å². The third kappa shape index (κ3) is 4.70. The van der Waals surface area contributed by atoms with Gasteiger partial charge in [0.05, 0.1) is 24.7 Å². The van der Waals surface area contributed by atoms with Gasteiger partial charge in [-0.25, -0.2) is 9.48 Å². The Labute approximate surface area is 206 Å². The number of aryl methyl sites for hydroxylation is 1. The number of hydrogen-bond donors (Lipinski definition) is 1. The summed E-state index contributed by atoms with van der Waals surface area (Å²) in [5.74, 6) is 0.176. The van der Waals surface area contributed by atoms with Crippen molar-refractivity contribution >= 4 is 28.5 Å². The zero-order valence-corrected chi connectivity index (χ0v) is 20.4. The molecule has 10 nitrogen and oxygen atoms in total. The van der Waals surface area contributed by atoms with Crippen molar-refractivity contribution in [1.29, 1.82) is 0 Å². The number of methoxy groups -OCH3 is 1. The summed E-state index contributed by atoms with van der Waals surface area (Å²) in [7, 11) is 1.56. The van der Waals surface area contributed by atoms with E-state index < -0.39 is 23.5 Å². The van der Waals surface area contributed by atoms with Crippen molar-refractivity contribution in [1.82, 2.24) is 14.9 Å². The fourth-order valence-electron chi connectivity index (χ4n) is 3.89. The van der Waals surface area contributed by atoms with Crippen molar-refractivity contribution in [2.24, 2.45) is 0 Å². The van der Waals surface area contributed by atoms with Crippen LogP contribution >= 0.6 is 0 Å². The average Bonchev–Trinajstić information content (AvgIpc) is 3.28. The lowest BCUT2D eigenvalue weighted by Crippen LogP contribution is -2.35. The number of anilines is 1. The second-order valence-corrected chi connectivity index (χ2v) is 8.00. The van der Waals surface area contributed by atoms with Gasteiger partial charge in [-0.1, -0.05) is 24.2 Å². The summed E-state index contributed by atoms with van der Waals surface area (Å²) in [4.78, 5) is 38.4. The summed E-state index contributed by atoms with van der Waals surface area (Å²) >= 11 is 0. The molecule has 2 aromatic heterocycles. The first kappa shape index (κ1) is 24.6. The Morgan fingerprint density at radius 3 is 2.56 bits per heavy atom. The van der Waals surface area contributed by atoms with Gasteiger partial charge in [0, 0.05) is 11.3 Å². The van der Waals surface area contributed by atoms with E-state index in [1.165, 1.54) is 0 Å². The standard InChI is InChI=1S/C26H26N4O6/c1-5-20(24(31)27-18-12-10-16(11-13-18)26(33)35-6-2)30-25(32)23-21(15(3)36-29-23)22(28-30)17-8-7-9-19(14-17)34-4/h7-14,20H,5-6H2,1-4H3,(H,27,31). The second-order valence-electron chi connectivity index (χ2n) is 8.00. The van der Waals surface area contributed by atoms with E-state index in [1.807, 2.05) is 12.1 Å². The van der Waals surface area contributed by atoms with Gasteiger partial charge in [0.1, 0.15) is 23.2 Å². The normalized spacial score (nSPS) is 11.8. The van der Waals surface area contributed by atoms with Gasteiger partial charge in [-0.15, -0.1) is 0 Å². The molecule has 2 aromatic carbocycles. The monoisotopic (exact) mass is 490 g/mol. The van der Waals surface area contributed by atoms with Crippen LogP contribution in [0.25, 0.3) is 22.2 Å². The number of carbonyl (C=O) groups is 2. The number of fused-ring (bicyclic) bond motifs is 1. The second kappa shape index (κ2) is 10.4. The molecule has 0 fully saturated rings. The molecule has 36 heavy (non-hydrogen) atoms. The van der Waals surface area contributed by atoms with Gasteiger partial charge in [0.25, 0.3) is 5.56 Å². The number of rotatable bonds is 8. The quantitative estimate of drug-likeness (QED) is 0.365. The van der Waals surface area contributed by atoms with Crippen LogP contribution in [0, 0.1) is 6.92 Å². The average molecular weight is 491 g/mol. The smallest absolute Gasteiger partial charge is 0.338 e. The zero-order chi connectivity index (χ0) is 25.8. The molecule has 0 radical (unpaired) electrons. The van der Waals surface area contributed by atoms with E-state index in [0.29, 0.717) is 45.8 Å². The van der Waals surface area contributed by atoms with Crippen LogP contribution in [0.5, 0.6) is 5.75 Å².